The average Bonchev–Trinajstić information content (AvgIpc) is 3.29. The minimum atomic E-state index is -0.0843. The van der Waals surface area contributed by atoms with Crippen molar-refractivity contribution in [3.8, 4) is 11.4 Å². The van der Waals surface area contributed by atoms with Crippen LogP contribution in [0.15, 0.2) is 57.5 Å². The van der Waals surface area contributed by atoms with Crippen molar-refractivity contribution in [2.24, 2.45) is 0 Å². The van der Waals surface area contributed by atoms with Crippen LogP contribution in [0.2, 0.25) is 0 Å². The highest BCUT2D eigenvalue weighted by atomic mass is 79.9. The molecule has 1 fully saturated rings. The molecular formula is C21H20BrN3O2. The van der Waals surface area contributed by atoms with Gasteiger partial charge in [-0.05, 0) is 47.9 Å². The van der Waals surface area contributed by atoms with Crippen LogP contribution in [0, 0.1) is 0 Å². The predicted molar refractivity (Wildman–Crippen MR) is 108 cm³/mol. The van der Waals surface area contributed by atoms with Crippen LogP contribution in [0.4, 0.5) is 5.69 Å². The number of carbonyl (C=O) groups excluding carboxylic acids is 1. The van der Waals surface area contributed by atoms with E-state index in [1.54, 1.807) is 4.90 Å². The van der Waals surface area contributed by atoms with Crippen LogP contribution in [-0.4, -0.2) is 22.6 Å². The van der Waals surface area contributed by atoms with Gasteiger partial charge < -0.3 is 9.42 Å². The maximum Gasteiger partial charge on any atom is 0.232 e. The molecule has 0 aliphatic carbocycles. The van der Waals surface area contributed by atoms with Crippen molar-refractivity contribution in [3.05, 3.63) is 64.5 Å². The second-order valence-electron chi connectivity index (χ2n) is 7.11. The number of aromatic nitrogens is 2. The van der Waals surface area contributed by atoms with E-state index in [-0.39, 0.29) is 11.8 Å². The zero-order chi connectivity index (χ0) is 19.0. The second-order valence-corrected chi connectivity index (χ2v) is 8.03. The smallest absolute Gasteiger partial charge is 0.232 e. The topological polar surface area (TPSA) is 59.2 Å². The van der Waals surface area contributed by atoms with Gasteiger partial charge in [-0.1, -0.05) is 47.1 Å². The van der Waals surface area contributed by atoms with Gasteiger partial charge in [-0.3, -0.25) is 4.79 Å². The second kappa shape index (κ2) is 7.27. The summed E-state index contributed by atoms with van der Waals surface area (Å²) in [5.41, 5.74) is 3.07. The number of amides is 1. The molecule has 1 amide bonds. The standard InChI is InChI=1S/C21H20BrN3O2/c1-13(2)14-5-9-18(10-6-14)25-12-16(11-19(25)26)21-23-20(24-27-21)15-3-7-17(22)8-4-15/h3-10,13,16H,11-12H2,1-2H3. The number of nitrogens with zero attached hydrogens (tertiary/aromatic N) is 3. The lowest BCUT2D eigenvalue weighted by molar-refractivity contribution is -0.117. The molecule has 1 aliphatic heterocycles. The van der Waals surface area contributed by atoms with E-state index in [0.29, 0.717) is 30.6 Å². The van der Waals surface area contributed by atoms with Gasteiger partial charge in [0.15, 0.2) is 0 Å². The van der Waals surface area contributed by atoms with E-state index in [1.807, 2.05) is 36.4 Å². The third kappa shape index (κ3) is 3.67. The minimum absolute atomic E-state index is 0.0840. The normalized spacial score (nSPS) is 17.1. The van der Waals surface area contributed by atoms with Crippen molar-refractivity contribution in [1.29, 1.82) is 0 Å². The van der Waals surface area contributed by atoms with E-state index < -0.39 is 0 Å². The highest BCUT2D eigenvalue weighted by Crippen LogP contribution is 2.32. The van der Waals surface area contributed by atoms with E-state index in [0.717, 1.165) is 15.7 Å². The molecule has 0 spiro atoms. The molecule has 1 aromatic heterocycles. The maximum atomic E-state index is 12.5. The molecule has 3 aromatic rings. The SMILES string of the molecule is CC(C)c1ccc(N2CC(c3nc(-c4ccc(Br)cc4)no3)CC2=O)cc1. The van der Waals surface area contributed by atoms with Crippen LogP contribution >= 0.6 is 15.9 Å². The number of hydrogen-bond donors (Lipinski definition) is 0. The summed E-state index contributed by atoms with van der Waals surface area (Å²) in [5.74, 6) is 1.53. The van der Waals surface area contributed by atoms with Gasteiger partial charge in [0.2, 0.25) is 17.6 Å². The van der Waals surface area contributed by atoms with Crippen LogP contribution < -0.4 is 4.90 Å². The van der Waals surface area contributed by atoms with Gasteiger partial charge >= 0.3 is 0 Å². The maximum absolute atomic E-state index is 12.5. The van der Waals surface area contributed by atoms with Gasteiger partial charge in [0, 0.05) is 28.7 Å². The van der Waals surface area contributed by atoms with Crippen LogP contribution in [0.25, 0.3) is 11.4 Å². The van der Waals surface area contributed by atoms with Crippen LogP contribution in [0.1, 0.15) is 43.6 Å². The first-order valence-corrected chi connectivity index (χ1v) is 9.80. The summed E-state index contributed by atoms with van der Waals surface area (Å²) in [6.45, 7) is 4.87. The van der Waals surface area contributed by atoms with Crippen molar-refractivity contribution in [1.82, 2.24) is 10.1 Å². The fourth-order valence-electron chi connectivity index (χ4n) is 3.28. The van der Waals surface area contributed by atoms with Gasteiger partial charge in [0.25, 0.3) is 0 Å². The van der Waals surface area contributed by atoms with Crippen LogP contribution in [0.3, 0.4) is 0 Å². The van der Waals surface area contributed by atoms with Gasteiger partial charge in [-0.2, -0.15) is 4.98 Å². The Hall–Kier alpha value is -2.47. The third-order valence-corrected chi connectivity index (χ3v) is 5.42. The molecule has 2 heterocycles. The highest BCUT2D eigenvalue weighted by Gasteiger charge is 2.35. The van der Waals surface area contributed by atoms with Gasteiger partial charge in [-0.25, -0.2) is 0 Å². The molecule has 4 rings (SSSR count). The molecule has 1 aliphatic rings. The molecule has 6 heteroatoms. The summed E-state index contributed by atoms with van der Waals surface area (Å²) in [6.07, 6.45) is 0.383. The molecule has 0 radical (unpaired) electrons. The Labute approximate surface area is 166 Å². The molecule has 2 aromatic carbocycles. The number of anilines is 1. The first-order valence-electron chi connectivity index (χ1n) is 9.01. The fraction of sp³-hybridized carbons (Fsp3) is 0.286. The molecule has 0 saturated carbocycles. The van der Waals surface area contributed by atoms with E-state index in [2.05, 4.69) is 52.1 Å². The lowest BCUT2D eigenvalue weighted by Crippen LogP contribution is -2.24. The van der Waals surface area contributed by atoms with E-state index in [9.17, 15) is 4.79 Å². The zero-order valence-electron chi connectivity index (χ0n) is 15.2. The summed E-state index contributed by atoms with van der Waals surface area (Å²) in [5, 5.41) is 4.08. The van der Waals surface area contributed by atoms with Crippen LogP contribution in [0.5, 0.6) is 0 Å². The van der Waals surface area contributed by atoms with Gasteiger partial charge in [0.1, 0.15) is 0 Å². The lowest BCUT2D eigenvalue weighted by Gasteiger charge is -2.17. The molecule has 1 atom stereocenters. The van der Waals surface area contributed by atoms with Gasteiger partial charge in [-0.15, -0.1) is 0 Å². The predicted octanol–water partition coefficient (Wildman–Crippen LogP) is 5.14. The molecule has 138 valence electrons. The number of halogens is 1. The molecular weight excluding hydrogens is 406 g/mol. The number of carbonyl (C=O) groups is 1. The van der Waals surface area contributed by atoms with E-state index in [1.165, 1.54) is 5.56 Å². The minimum Gasteiger partial charge on any atom is -0.339 e. The van der Waals surface area contributed by atoms with E-state index in [4.69, 9.17) is 4.52 Å². The highest BCUT2D eigenvalue weighted by molar-refractivity contribution is 9.10. The first-order chi connectivity index (χ1) is 13.0. The van der Waals surface area contributed by atoms with Crippen molar-refractivity contribution >= 4 is 27.5 Å². The molecule has 0 bridgehead atoms. The van der Waals surface area contributed by atoms with Crippen molar-refractivity contribution < 1.29 is 9.32 Å². The Morgan fingerprint density at radius 2 is 1.81 bits per heavy atom. The number of rotatable bonds is 4. The Kier molecular flexibility index (Phi) is 4.83. The Balaban J connectivity index is 1.51. The summed E-state index contributed by atoms with van der Waals surface area (Å²) in [4.78, 5) is 18.8. The van der Waals surface area contributed by atoms with Crippen molar-refractivity contribution in [2.45, 2.75) is 32.1 Å². The fourth-order valence-corrected chi connectivity index (χ4v) is 3.54. The molecule has 1 unspecified atom stereocenters. The summed E-state index contributed by atoms with van der Waals surface area (Å²) in [6, 6.07) is 15.9. The molecule has 5 nitrogen and oxygen atoms in total. The molecule has 27 heavy (non-hydrogen) atoms. The Bertz CT molecular complexity index is 948. The van der Waals surface area contributed by atoms with E-state index >= 15 is 0 Å². The van der Waals surface area contributed by atoms with Crippen molar-refractivity contribution in [3.63, 3.8) is 0 Å². The Morgan fingerprint density at radius 3 is 2.48 bits per heavy atom. The Morgan fingerprint density at radius 1 is 1.11 bits per heavy atom. The largest absolute Gasteiger partial charge is 0.339 e. The van der Waals surface area contributed by atoms with Crippen LogP contribution in [-0.2, 0) is 4.79 Å². The summed E-state index contributed by atoms with van der Waals surface area (Å²) >= 11 is 3.42. The summed E-state index contributed by atoms with van der Waals surface area (Å²) < 4.78 is 6.46. The third-order valence-electron chi connectivity index (χ3n) is 4.89. The number of benzene rings is 2. The number of hydrogen-bond acceptors (Lipinski definition) is 4. The first kappa shape index (κ1) is 17.9. The average molecular weight is 426 g/mol. The van der Waals surface area contributed by atoms with Gasteiger partial charge in [0.05, 0.1) is 5.92 Å². The lowest BCUT2D eigenvalue weighted by atomic mass is 10.0. The van der Waals surface area contributed by atoms with Crippen molar-refractivity contribution in [2.75, 3.05) is 11.4 Å². The quantitative estimate of drug-likeness (QED) is 0.580. The zero-order valence-corrected chi connectivity index (χ0v) is 16.8. The summed E-state index contributed by atoms with van der Waals surface area (Å²) in [7, 11) is 0. The molecule has 1 saturated heterocycles. The molecule has 0 N–H and O–H groups in total. The monoisotopic (exact) mass is 425 g/mol.